The molecule has 1 atom stereocenters. The van der Waals surface area contributed by atoms with Crippen LogP contribution in [0.4, 0.5) is 0 Å². The molecule has 0 saturated carbocycles. The minimum Gasteiger partial charge on any atom is -0.390 e. The van der Waals surface area contributed by atoms with Gasteiger partial charge in [-0.2, -0.15) is 0 Å². The monoisotopic (exact) mass is 421 g/mol. The number of nitrogens with zero attached hydrogens (tertiary/aromatic N) is 2. The van der Waals surface area contributed by atoms with Crippen molar-refractivity contribution < 1.29 is 5.11 Å². The number of hydrogen-bond donors (Lipinski definition) is 2. The summed E-state index contributed by atoms with van der Waals surface area (Å²) in [5.74, 6) is 1.06. The van der Waals surface area contributed by atoms with Gasteiger partial charge in [-0.1, -0.05) is 110 Å². The highest BCUT2D eigenvalue weighted by Gasteiger charge is 2.17. The quantitative estimate of drug-likeness (QED) is 0.216. The Kier molecular flexibility index (Phi) is 16.1. The van der Waals surface area contributed by atoms with Crippen molar-refractivity contribution in [3.8, 4) is 0 Å². The highest BCUT2D eigenvalue weighted by Crippen LogP contribution is 2.21. The maximum Gasteiger partial charge on any atom is 0.110 e. The van der Waals surface area contributed by atoms with Crippen LogP contribution in [0.25, 0.3) is 0 Å². The second-order valence-electron chi connectivity index (χ2n) is 9.14. The fourth-order valence-electron chi connectivity index (χ4n) is 4.48. The Bertz CT molecular complexity index is 527. The van der Waals surface area contributed by atoms with Gasteiger partial charge in [-0.15, -0.1) is 0 Å². The Morgan fingerprint density at radius 1 is 0.767 bits per heavy atom. The van der Waals surface area contributed by atoms with Gasteiger partial charge in [0.15, 0.2) is 0 Å². The molecule has 3 N–H and O–H groups in total. The third kappa shape index (κ3) is 10.9. The lowest BCUT2D eigenvalue weighted by molar-refractivity contribution is 0.262. The van der Waals surface area contributed by atoms with Crippen LogP contribution in [-0.2, 0) is 13.0 Å². The summed E-state index contributed by atoms with van der Waals surface area (Å²) >= 11 is 0. The lowest BCUT2D eigenvalue weighted by Gasteiger charge is -2.18. The molecule has 0 saturated heterocycles. The van der Waals surface area contributed by atoms with Gasteiger partial charge in [-0.05, 0) is 19.8 Å². The summed E-state index contributed by atoms with van der Waals surface area (Å²) in [4.78, 5) is 4.71. The molecule has 1 aromatic heterocycles. The molecular weight excluding hydrogens is 370 g/mol. The van der Waals surface area contributed by atoms with E-state index in [0.717, 1.165) is 42.9 Å². The Morgan fingerprint density at radius 3 is 1.67 bits per heavy atom. The number of aryl methyl sites for hydroxylation is 2. The van der Waals surface area contributed by atoms with E-state index in [4.69, 9.17) is 10.7 Å². The molecule has 176 valence electrons. The number of aliphatic hydroxyl groups excluding tert-OH is 1. The third-order valence-corrected chi connectivity index (χ3v) is 6.35. The zero-order chi connectivity index (χ0) is 22.0. The number of rotatable bonds is 20. The molecule has 0 fully saturated rings. The molecule has 0 aromatic carbocycles. The Hall–Kier alpha value is -0.870. The maximum atomic E-state index is 9.72. The van der Waals surface area contributed by atoms with Gasteiger partial charge in [-0.25, -0.2) is 4.98 Å². The lowest BCUT2D eigenvalue weighted by atomic mass is 10.0. The van der Waals surface area contributed by atoms with E-state index in [1.807, 2.05) is 6.92 Å². The average Bonchev–Trinajstić information content (AvgIpc) is 3.06. The van der Waals surface area contributed by atoms with Crippen LogP contribution >= 0.6 is 0 Å². The molecule has 0 aliphatic carbocycles. The predicted octanol–water partition coefficient (Wildman–Crippen LogP) is 7.36. The van der Waals surface area contributed by atoms with Gasteiger partial charge in [0.25, 0.3) is 0 Å². The Morgan fingerprint density at radius 2 is 1.23 bits per heavy atom. The molecule has 0 radical (unpaired) electrons. The van der Waals surface area contributed by atoms with Gasteiger partial charge < -0.3 is 15.4 Å². The average molecular weight is 422 g/mol. The van der Waals surface area contributed by atoms with E-state index in [1.165, 1.54) is 89.9 Å². The van der Waals surface area contributed by atoms with Crippen molar-refractivity contribution in [3.63, 3.8) is 0 Å². The summed E-state index contributed by atoms with van der Waals surface area (Å²) in [6.45, 7) is 6.44. The van der Waals surface area contributed by atoms with Gasteiger partial charge in [0, 0.05) is 6.42 Å². The Labute approximate surface area is 187 Å². The number of unbranched alkanes of at least 4 members (excludes halogenated alkanes) is 14. The molecule has 4 heteroatoms. The molecule has 0 aliphatic rings. The van der Waals surface area contributed by atoms with Crippen LogP contribution in [0.2, 0.25) is 0 Å². The molecule has 1 rings (SSSR count). The standard InChI is InChI=1S/C26H51N3O/c1-4-6-7-8-9-10-11-12-13-14-15-16-17-18-19-21-26-28-23(3)24(22-30)29(26)25(27)20-5-2/h25,30H,4-22,27H2,1-3H3. The molecule has 0 amide bonds. The molecule has 1 unspecified atom stereocenters. The number of nitrogens with two attached hydrogens (primary N) is 1. The highest BCUT2D eigenvalue weighted by molar-refractivity contribution is 5.16. The smallest absolute Gasteiger partial charge is 0.110 e. The number of imidazole rings is 1. The predicted molar refractivity (Wildman–Crippen MR) is 130 cm³/mol. The first-order valence-electron chi connectivity index (χ1n) is 13.1. The van der Waals surface area contributed by atoms with Crippen molar-refractivity contribution in [2.75, 3.05) is 0 Å². The van der Waals surface area contributed by atoms with Crippen molar-refractivity contribution in [1.29, 1.82) is 0 Å². The maximum absolute atomic E-state index is 9.72. The minimum atomic E-state index is -0.0651. The van der Waals surface area contributed by atoms with Crippen molar-refractivity contribution in [1.82, 2.24) is 9.55 Å². The third-order valence-electron chi connectivity index (χ3n) is 6.35. The fraction of sp³-hybridized carbons (Fsp3) is 0.885. The van der Waals surface area contributed by atoms with E-state index in [9.17, 15) is 5.11 Å². The Balaban J connectivity index is 2.08. The van der Waals surface area contributed by atoms with Crippen LogP contribution in [0, 0.1) is 6.92 Å². The molecule has 0 spiro atoms. The largest absolute Gasteiger partial charge is 0.390 e. The first-order valence-corrected chi connectivity index (χ1v) is 13.1. The lowest BCUT2D eigenvalue weighted by Crippen LogP contribution is -2.23. The topological polar surface area (TPSA) is 64.1 Å². The molecule has 30 heavy (non-hydrogen) atoms. The van der Waals surface area contributed by atoms with E-state index >= 15 is 0 Å². The molecule has 0 bridgehead atoms. The van der Waals surface area contributed by atoms with E-state index in [2.05, 4.69) is 18.4 Å². The van der Waals surface area contributed by atoms with Crippen molar-refractivity contribution in [2.45, 2.75) is 149 Å². The van der Waals surface area contributed by atoms with Crippen LogP contribution in [0.5, 0.6) is 0 Å². The molecule has 0 aliphatic heterocycles. The van der Waals surface area contributed by atoms with Crippen LogP contribution in [0.15, 0.2) is 0 Å². The van der Waals surface area contributed by atoms with Gasteiger partial charge in [0.05, 0.1) is 24.2 Å². The molecule has 4 nitrogen and oxygen atoms in total. The van der Waals surface area contributed by atoms with E-state index in [0.29, 0.717) is 0 Å². The minimum absolute atomic E-state index is 0.0229. The van der Waals surface area contributed by atoms with Gasteiger partial charge in [0.1, 0.15) is 5.82 Å². The highest BCUT2D eigenvalue weighted by atomic mass is 16.3. The zero-order valence-electron chi connectivity index (χ0n) is 20.4. The van der Waals surface area contributed by atoms with Crippen molar-refractivity contribution in [3.05, 3.63) is 17.2 Å². The van der Waals surface area contributed by atoms with Crippen LogP contribution in [-0.4, -0.2) is 14.7 Å². The zero-order valence-corrected chi connectivity index (χ0v) is 20.4. The summed E-state index contributed by atoms with van der Waals surface area (Å²) in [6, 6.07) is 0. The van der Waals surface area contributed by atoms with Gasteiger partial charge in [-0.3, -0.25) is 0 Å². The summed E-state index contributed by atoms with van der Waals surface area (Å²) in [5.41, 5.74) is 8.19. The second kappa shape index (κ2) is 17.8. The van der Waals surface area contributed by atoms with Crippen molar-refractivity contribution in [2.24, 2.45) is 5.73 Å². The number of hydrogen-bond acceptors (Lipinski definition) is 3. The summed E-state index contributed by atoms with van der Waals surface area (Å²) in [5, 5.41) is 9.72. The van der Waals surface area contributed by atoms with Crippen LogP contribution < -0.4 is 5.73 Å². The summed E-state index contributed by atoms with van der Waals surface area (Å²) in [7, 11) is 0. The van der Waals surface area contributed by atoms with E-state index < -0.39 is 0 Å². The van der Waals surface area contributed by atoms with Crippen LogP contribution in [0.1, 0.15) is 146 Å². The molecular formula is C26H51N3O. The van der Waals surface area contributed by atoms with Gasteiger partial charge in [0.2, 0.25) is 0 Å². The molecule has 1 aromatic rings. The summed E-state index contributed by atoms with van der Waals surface area (Å²) in [6.07, 6.45) is 23.6. The normalized spacial score (nSPS) is 12.6. The second-order valence-corrected chi connectivity index (χ2v) is 9.14. The van der Waals surface area contributed by atoms with Crippen LogP contribution in [0.3, 0.4) is 0 Å². The fourth-order valence-corrected chi connectivity index (χ4v) is 4.48. The van der Waals surface area contributed by atoms with E-state index in [-0.39, 0.29) is 12.8 Å². The van der Waals surface area contributed by atoms with Crippen molar-refractivity contribution >= 4 is 0 Å². The van der Waals surface area contributed by atoms with Gasteiger partial charge >= 0.3 is 0 Å². The number of aromatic nitrogens is 2. The SMILES string of the molecule is CCCCCCCCCCCCCCCCCc1nc(C)c(CO)n1C(N)CCC. The molecule has 1 heterocycles. The summed E-state index contributed by atoms with van der Waals surface area (Å²) < 4.78 is 2.10. The first kappa shape index (κ1) is 27.2. The first-order chi connectivity index (χ1) is 14.7. The van der Waals surface area contributed by atoms with E-state index in [1.54, 1.807) is 0 Å². The number of aliphatic hydroxyl groups is 1.